The first-order valence-electron chi connectivity index (χ1n) is 8.08. The minimum absolute atomic E-state index is 0.0197. The fraction of sp³-hybridized carbons (Fsp3) is 0.316. The lowest BCUT2D eigenvalue weighted by molar-refractivity contribution is 0.0923. The second kappa shape index (κ2) is 7.11. The number of aliphatic hydroxyl groups is 1. The molecule has 0 bridgehead atoms. The summed E-state index contributed by atoms with van der Waals surface area (Å²) in [6, 6.07) is 12.4. The smallest absolute Gasteiger partial charge is 0.254 e. The number of carbonyl (C=O) groups excluding carboxylic acids is 1. The van der Waals surface area contributed by atoms with Gasteiger partial charge in [0.2, 0.25) is 0 Å². The van der Waals surface area contributed by atoms with Crippen LogP contribution in [0.3, 0.4) is 0 Å². The molecule has 24 heavy (non-hydrogen) atoms. The molecule has 2 unspecified atom stereocenters. The van der Waals surface area contributed by atoms with Crippen LogP contribution in [0.2, 0.25) is 0 Å². The van der Waals surface area contributed by atoms with Crippen LogP contribution in [0.4, 0.5) is 4.39 Å². The van der Waals surface area contributed by atoms with Crippen molar-refractivity contribution in [1.29, 1.82) is 0 Å². The first-order chi connectivity index (χ1) is 11.5. The first kappa shape index (κ1) is 16.6. The first-order valence-corrected chi connectivity index (χ1v) is 8.08. The van der Waals surface area contributed by atoms with E-state index in [1.807, 2.05) is 31.2 Å². The van der Waals surface area contributed by atoms with Crippen molar-refractivity contribution in [2.75, 3.05) is 19.6 Å². The van der Waals surface area contributed by atoms with Crippen molar-refractivity contribution in [3.05, 3.63) is 59.4 Å². The third-order valence-corrected chi connectivity index (χ3v) is 4.43. The minimum Gasteiger partial charge on any atom is -0.391 e. The van der Waals surface area contributed by atoms with Crippen molar-refractivity contribution in [2.45, 2.75) is 13.0 Å². The molecule has 1 fully saturated rings. The lowest BCUT2D eigenvalue weighted by Crippen LogP contribution is -2.34. The molecule has 0 aliphatic carbocycles. The van der Waals surface area contributed by atoms with Gasteiger partial charge in [0.25, 0.3) is 5.91 Å². The molecule has 4 nitrogen and oxygen atoms in total. The number of benzene rings is 2. The monoisotopic (exact) mass is 328 g/mol. The Balaban J connectivity index is 1.69. The Hall–Kier alpha value is -2.24. The summed E-state index contributed by atoms with van der Waals surface area (Å²) >= 11 is 0. The highest BCUT2D eigenvalue weighted by Crippen LogP contribution is 2.22. The number of rotatable bonds is 4. The van der Waals surface area contributed by atoms with Crippen LogP contribution in [0.1, 0.15) is 15.9 Å². The Bertz CT molecular complexity index is 731. The van der Waals surface area contributed by atoms with Crippen molar-refractivity contribution >= 4 is 5.91 Å². The van der Waals surface area contributed by atoms with E-state index in [0.717, 1.165) is 16.7 Å². The lowest BCUT2D eigenvalue weighted by Gasteiger charge is -2.14. The molecule has 2 aromatic rings. The topological polar surface area (TPSA) is 61.4 Å². The number of hydrogen-bond donors (Lipinski definition) is 3. The average Bonchev–Trinajstić information content (AvgIpc) is 2.98. The summed E-state index contributed by atoms with van der Waals surface area (Å²) < 4.78 is 14.3. The van der Waals surface area contributed by atoms with Gasteiger partial charge in [-0.25, -0.2) is 4.39 Å². The minimum atomic E-state index is -0.546. The van der Waals surface area contributed by atoms with E-state index in [0.29, 0.717) is 19.6 Å². The van der Waals surface area contributed by atoms with Crippen LogP contribution in [0.25, 0.3) is 11.1 Å². The van der Waals surface area contributed by atoms with Crippen LogP contribution in [0, 0.1) is 18.7 Å². The number of halogens is 1. The molecule has 1 aliphatic rings. The molecular weight excluding hydrogens is 307 g/mol. The van der Waals surface area contributed by atoms with Crippen LogP contribution in [0.5, 0.6) is 0 Å². The fourth-order valence-electron chi connectivity index (χ4n) is 2.87. The Morgan fingerprint density at radius 1 is 1.21 bits per heavy atom. The van der Waals surface area contributed by atoms with Gasteiger partial charge in [0.15, 0.2) is 0 Å². The maximum atomic E-state index is 14.3. The molecular formula is C19H21FN2O2. The lowest BCUT2D eigenvalue weighted by atomic mass is 10.0. The second-order valence-corrected chi connectivity index (χ2v) is 6.26. The summed E-state index contributed by atoms with van der Waals surface area (Å²) in [5, 5.41) is 15.5. The molecule has 3 N–H and O–H groups in total. The van der Waals surface area contributed by atoms with Crippen molar-refractivity contribution in [1.82, 2.24) is 10.6 Å². The Morgan fingerprint density at radius 2 is 1.92 bits per heavy atom. The number of hydrogen-bond acceptors (Lipinski definition) is 3. The van der Waals surface area contributed by atoms with Gasteiger partial charge in [-0.2, -0.15) is 0 Å². The molecule has 2 aromatic carbocycles. The molecule has 1 saturated heterocycles. The summed E-state index contributed by atoms with van der Waals surface area (Å²) in [6.07, 6.45) is -0.473. The third kappa shape index (κ3) is 3.63. The number of aliphatic hydroxyl groups excluding tert-OH is 1. The van der Waals surface area contributed by atoms with Gasteiger partial charge in [-0.3, -0.25) is 4.79 Å². The fourth-order valence-corrected chi connectivity index (χ4v) is 2.87. The van der Waals surface area contributed by atoms with Gasteiger partial charge in [-0.15, -0.1) is 0 Å². The quantitative estimate of drug-likeness (QED) is 0.806. The number of carbonyl (C=O) groups is 1. The normalized spacial score (nSPS) is 20.1. The highest BCUT2D eigenvalue weighted by atomic mass is 19.1. The summed E-state index contributed by atoms with van der Waals surface area (Å²) in [4.78, 5) is 12.2. The van der Waals surface area contributed by atoms with Gasteiger partial charge in [-0.1, -0.05) is 35.9 Å². The molecule has 0 aromatic heterocycles. The van der Waals surface area contributed by atoms with E-state index >= 15 is 0 Å². The molecule has 1 heterocycles. The Kier molecular flexibility index (Phi) is 4.92. The molecule has 126 valence electrons. The number of amides is 1. The highest BCUT2D eigenvalue weighted by molar-refractivity contribution is 5.95. The predicted octanol–water partition coefficient (Wildman–Crippen LogP) is 2.11. The maximum Gasteiger partial charge on any atom is 0.254 e. The van der Waals surface area contributed by atoms with Gasteiger partial charge in [0.1, 0.15) is 5.82 Å². The van der Waals surface area contributed by atoms with Crippen LogP contribution < -0.4 is 10.6 Å². The van der Waals surface area contributed by atoms with Crippen molar-refractivity contribution in [3.63, 3.8) is 0 Å². The molecule has 0 radical (unpaired) electrons. The van der Waals surface area contributed by atoms with Crippen LogP contribution in [-0.2, 0) is 0 Å². The van der Waals surface area contributed by atoms with E-state index in [1.165, 1.54) is 12.1 Å². The van der Waals surface area contributed by atoms with Crippen LogP contribution in [-0.4, -0.2) is 36.8 Å². The van der Waals surface area contributed by atoms with E-state index in [1.54, 1.807) is 6.07 Å². The molecule has 0 saturated carbocycles. The van der Waals surface area contributed by atoms with Gasteiger partial charge >= 0.3 is 0 Å². The predicted molar refractivity (Wildman–Crippen MR) is 91.3 cm³/mol. The van der Waals surface area contributed by atoms with E-state index < -0.39 is 17.8 Å². The summed E-state index contributed by atoms with van der Waals surface area (Å²) in [5.74, 6) is -1.04. The van der Waals surface area contributed by atoms with Crippen LogP contribution in [0.15, 0.2) is 42.5 Å². The Morgan fingerprint density at radius 3 is 2.54 bits per heavy atom. The van der Waals surface area contributed by atoms with Crippen molar-refractivity contribution in [3.8, 4) is 11.1 Å². The van der Waals surface area contributed by atoms with E-state index in [9.17, 15) is 14.3 Å². The molecule has 0 spiro atoms. The molecule has 2 atom stereocenters. The van der Waals surface area contributed by atoms with Crippen LogP contribution >= 0.6 is 0 Å². The molecule has 1 aliphatic heterocycles. The SMILES string of the molecule is Cc1ccc(-c2ccc(C(=O)NCC3CNCC3O)c(F)c2)cc1. The number of aryl methyl sites for hydroxylation is 1. The van der Waals surface area contributed by atoms with E-state index in [-0.39, 0.29) is 11.5 Å². The Labute approximate surface area is 140 Å². The van der Waals surface area contributed by atoms with Crippen molar-refractivity contribution in [2.24, 2.45) is 5.92 Å². The average molecular weight is 328 g/mol. The number of nitrogens with one attached hydrogen (secondary N) is 2. The largest absolute Gasteiger partial charge is 0.391 e. The summed E-state index contributed by atoms with van der Waals surface area (Å²) in [7, 11) is 0. The third-order valence-electron chi connectivity index (χ3n) is 4.43. The molecule has 3 rings (SSSR count). The number of β-amino-alcohol motifs (C(OH)–C–C–N with tert-alkyl or cyclic N) is 1. The maximum absolute atomic E-state index is 14.3. The van der Waals surface area contributed by atoms with Gasteiger partial charge < -0.3 is 15.7 Å². The standard InChI is InChI=1S/C19H21FN2O2/c1-12-2-4-13(5-3-12)14-6-7-16(17(20)8-14)19(24)22-10-15-9-21-11-18(15)23/h2-8,15,18,21,23H,9-11H2,1H3,(H,22,24). The zero-order chi connectivity index (χ0) is 17.1. The van der Waals surface area contributed by atoms with E-state index in [2.05, 4.69) is 10.6 Å². The summed E-state index contributed by atoms with van der Waals surface area (Å²) in [5.41, 5.74) is 2.80. The van der Waals surface area contributed by atoms with Crippen molar-refractivity contribution < 1.29 is 14.3 Å². The van der Waals surface area contributed by atoms with E-state index in [4.69, 9.17) is 0 Å². The van der Waals surface area contributed by atoms with Gasteiger partial charge in [-0.05, 0) is 30.2 Å². The summed E-state index contributed by atoms with van der Waals surface area (Å²) in [6.45, 7) is 3.50. The molecule has 5 heteroatoms. The van der Waals surface area contributed by atoms with Gasteiger partial charge in [0, 0.05) is 25.6 Å². The zero-order valence-electron chi connectivity index (χ0n) is 13.6. The molecule has 1 amide bonds. The highest BCUT2D eigenvalue weighted by Gasteiger charge is 2.25. The van der Waals surface area contributed by atoms with Gasteiger partial charge in [0.05, 0.1) is 11.7 Å². The zero-order valence-corrected chi connectivity index (χ0v) is 13.6. The second-order valence-electron chi connectivity index (χ2n) is 6.26.